The summed E-state index contributed by atoms with van der Waals surface area (Å²) in [6.45, 7) is 0.796. The van der Waals surface area contributed by atoms with Crippen molar-refractivity contribution >= 4 is 11.3 Å². The van der Waals surface area contributed by atoms with Gasteiger partial charge in [0.25, 0.3) is 0 Å². The van der Waals surface area contributed by atoms with Crippen LogP contribution in [-0.2, 0) is 6.42 Å². The molecule has 88 valence electrons. The lowest BCUT2D eigenvalue weighted by atomic mass is 9.97. The molecule has 2 heterocycles. The molecule has 0 saturated carbocycles. The Bertz CT molecular complexity index is 550. The molecule has 0 amide bonds. The van der Waals surface area contributed by atoms with E-state index < -0.39 is 11.6 Å². The Morgan fingerprint density at radius 2 is 2.12 bits per heavy atom. The van der Waals surface area contributed by atoms with Crippen LogP contribution >= 0.6 is 11.3 Å². The molecule has 17 heavy (non-hydrogen) atoms. The summed E-state index contributed by atoms with van der Waals surface area (Å²) < 4.78 is 27.0. The zero-order valence-electron chi connectivity index (χ0n) is 9.04. The SMILES string of the molecule is Fc1cccc(C2NCCc3ccsc32)c1F. The van der Waals surface area contributed by atoms with Crippen molar-refractivity contribution in [1.29, 1.82) is 0 Å². The quantitative estimate of drug-likeness (QED) is 0.820. The van der Waals surface area contributed by atoms with Crippen molar-refractivity contribution in [1.82, 2.24) is 5.32 Å². The van der Waals surface area contributed by atoms with Gasteiger partial charge in [-0.05, 0) is 29.5 Å². The second-order valence-corrected chi connectivity index (χ2v) is 5.04. The normalized spacial score (nSPS) is 19.1. The lowest BCUT2D eigenvalue weighted by molar-refractivity contribution is 0.477. The number of hydrogen-bond donors (Lipinski definition) is 1. The number of hydrogen-bond acceptors (Lipinski definition) is 2. The molecule has 1 aromatic carbocycles. The summed E-state index contributed by atoms with van der Waals surface area (Å²) >= 11 is 1.59. The van der Waals surface area contributed by atoms with E-state index in [9.17, 15) is 8.78 Å². The average molecular weight is 251 g/mol. The van der Waals surface area contributed by atoms with Gasteiger partial charge in [-0.3, -0.25) is 0 Å². The fraction of sp³-hybridized carbons (Fsp3) is 0.231. The van der Waals surface area contributed by atoms with Crippen LogP contribution in [0.15, 0.2) is 29.6 Å². The molecule has 0 bridgehead atoms. The van der Waals surface area contributed by atoms with E-state index in [0.717, 1.165) is 23.9 Å². The fourth-order valence-electron chi connectivity index (χ4n) is 2.25. The Labute approximate surface area is 102 Å². The maximum absolute atomic E-state index is 13.8. The lowest BCUT2D eigenvalue weighted by Crippen LogP contribution is -2.30. The molecule has 4 heteroatoms. The van der Waals surface area contributed by atoms with Crippen LogP contribution in [0.5, 0.6) is 0 Å². The molecule has 1 aliphatic rings. The molecule has 1 atom stereocenters. The van der Waals surface area contributed by atoms with Gasteiger partial charge in [0, 0.05) is 17.0 Å². The van der Waals surface area contributed by atoms with Crippen molar-refractivity contribution in [3.63, 3.8) is 0 Å². The van der Waals surface area contributed by atoms with Crippen molar-refractivity contribution in [3.8, 4) is 0 Å². The van der Waals surface area contributed by atoms with E-state index in [4.69, 9.17) is 0 Å². The van der Waals surface area contributed by atoms with E-state index in [-0.39, 0.29) is 6.04 Å². The van der Waals surface area contributed by atoms with Crippen LogP contribution in [-0.4, -0.2) is 6.54 Å². The van der Waals surface area contributed by atoms with Crippen LogP contribution in [0.2, 0.25) is 0 Å². The van der Waals surface area contributed by atoms with Crippen molar-refractivity contribution in [3.05, 3.63) is 57.3 Å². The number of nitrogens with one attached hydrogen (secondary N) is 1. The number of halogens is 2. The molecule has 0 radical (unpaired) electrons. The molecule has 0 spiro atoms. The predicted octanol–water partition coefficient (Wildman–Crippen LogP) is 3.26. The van der Waals surface area contributed by atoms with Crippen molar-refractivity contribution in [2.24, 2.45) is 0 Å². The summed E-state index contributed by atoms with van der Waals surface area (Å²) in [7, 11) is 0. The molecule has 1 N–H and O–H groups in total. The minimum absolute atomic E-state index is 0.213. The molecule has 0 aliphatic carbocycles. The van der Waals surface area contributed by atoms with Gasteiger partial charge in [0.05, 0.1) is 6.04 Å². The van der Waals surface area contributed by atoms with E-state index in [0.29, 0.717) is 5.56 Å². The first-order chi connectivity index (χ1) is 8.27. The molecule has 0 saturated heterocycles. The minimum Gasteiger partial charge on any atom is -0.305 e. The van der Waals surface area contributed by atoms with Crippen LogP contribution in [0.1, 0.15) is 22.0 Å². The molecule has 1 aromatic heterocycles. The topological polar surface area (TPSA) is 12.0 Å². The largest absolute Gasteiger partial charge is 0.305 e. The standard InChI is InChI=1S/C13H11F2NS/c14-10-3-1-2-9(11(10)15)12-13-8(4-6-16-12)5-7-17-13/h1-3,5,7,12,16H,4,6H2. The third kappa shape index (κ3) is 1.77. The summed E-state index contributed by atoms with van der Waals surface area (Å²) in [4.78, 5) is 1.10. The number of fused-ring (bicyclic) bond motifs is 1. The molecule has 0 fully saturated rings. The van der Waals surface area contributed by atoms with Gasteiger partial charge in [0.2, 0.25) is 0 Å². The third-order valence-electron chi connectivity index (χ3n) is 3.08. The first-order valence-corrected chi connectivity index (χ1v) is 6.39. The first-order valence-electron chi connectivity index (χ1n) is 5.51. The van der Waals surface area contributed by atoms with Gasteiger partial charge in [0.1, 0.15) is 0 Å². The minimum atomic E-state index is -0.784. The highest BCUT2D eigenvalue weighted by Crippen LogP contribution is 2.34. The highest BCUT2D eigenvalue weighted by Gasteiger charge is 2.25. The van der Waals surface area contributed by atoms with Crippen LogP contribution < -0.4 is 5.32 Å². The number of rotatable bonds is 1. The lowest BCUT2D eigenvalue weighted by Gasteiger charge is -2.24. The van der Waals surface area contributed by atoms with Gasteiger partial charge in [0.15, 0.2) is 11.6 Å². The molecular formula is C13H11F2NS. The third-order valence-corrected chi connectivity index (χ3v) is 4.10. The second kappa shape index (κ2) is 4.20. The summed E-state index contributed by atoms with van der Waals surface area (Å²) in [5.74, 6) is -1.53. The maximum Gasteiger partial charge on any atom is 0.163 e. The van der Waals surface area contributed by atoms with Crippen molar-refractivity contribution in [2.75, 3.05) is 6.54 Å². The Hall–Kier alpha value is -1.26. The van der Waals surface area contributed by atoms with E-state index in [1.165, 1.54) is 5.56 Å². The van der Waals surface area contributed by atoms with Gasteiger partial charge in [-0.1, -0.05) is 12.1 Å². The summed E-state index contributed by atoms with van der Waals surface area (Å²) in [6.07, 6.45) is 0.951. The fourth-order valence-corrected chi connectivity index (χ4v) is 3.29. The van der Waals surface area contributed by atoms with Crippen molar-refractivity contribution in [2.45, 2.75) is 12.5 Å². The highest BCUT2D eigenvalue weighted by molar-refractivity contribution is 7.10. The zero-order chi connectivity index (χ0) is 11.8. The number of thiophene rings is 1. The summed E-state index contributed by atoms with van der Waals surface area (Å²) in [6, 6.07) is 6.19. The van der Waals surface area contributed by atoms with E-state index in [1.807, 2.05) is 5.38 Å². The maximum atomic E-state index is 13.8. The molecule has 3 rings (SSSR count). The average Bonchev–Trinajstić information content (AvgIpc) is 2.81. The van der Waals surface area contributed by atoms with Crippen LogP contribution in [0.3, 0.4) is 0 Å². The predicted molar refractivity (Wildman–Crippen MR) is 64.2 cm³/mol. The van der Waals surface area contributed by atoms with E-state index >= 15 is 0 Å². The first kappa shape index (κ1) is 10.9. The van der Waals surface area contributed by atoms with Crippen LogP contribution in [0, 0.1) is 11.6 Å². The van der Waals surface area contributed by atoms with Gasteiger partial charge < -0.3 is 5.32 Å². The van der Waals surface area contributed by atoms with Gasteiger partial charge in [-0.25, -0.2) is 8.78 Å². The van der Waals surface area contributed by atoms with E-state index in [2.05, 4.69) is 11.4 Å². The zero-order valence-corrected chi connectivity index (χ0v) is 9.86. The number of benzene rings is 1. The highest BCUT2D eigenvalue weighted by atomic mass is 32.1. The van der Waals surface area contributed by atoms with Crippen LogP contribution in [0.25, 0.3) is 0 Å². The smallest absolute Gasteiger partial charge is 0.163 e. The molecule has 1 aliphatic heterocycles. The van der Waals surface area contributed by atoms with E-state index in [1.54, 1.807) is 23.5 Å². The Morgan fingerprint density at radius 3 is 3.00 bits per heavy atom. The molecule has 2 aromatic rings. The Balaban J connectivity index is 2.10. The summed E-state index contributed by atoms with van der Waals surface area (Å²) in [5, 5.41) is 5.25. The monoisotopic (exact) mass is 251 g/mol. The molecule has 1 unspecified atom stereocenters. The Kier molecular flexibility index (Phi) is 2.68. The second-order valence-electron chi connectivity index (χ2n) is 4.09. The summed E-state index contributed by atoms with van der Waals surface area (Å²) in [5.41, 5.74) is 1.64. The van der Waals surface area contributed by atoms with Gasteiger partial charge in [-0.15, -0.1) is 11.3 Å². The van der Waals surface area contributed by atoms with Crippen molar-refractivity contribution < 1.29 is 8.78 Å². The van der Waals surface area contributed by atoms with Gasteiger partial charge >= 0.3 is 0 Å². The molecular weight excluding hydrogens is 240 g/mol. The molecule has 1 nitrogen and oxygen atoms in total. The van der Waals surface area contributed by atoms with Gasteiger partial charge in [-0.2, -0.15) is 0 Å². The van der Waals surface area contributed by atoms with Crippen LogP contribution in [0.4, 0.5) is 8.78 Å². The Morgan fingerprint density at radius 1 is 1.24 bits per heavy atom.